The van der Waals surface area contributed by atoms with Crippen LogP contribution in [0.5, 0.6) is 0 Å². The van der Waals surface area contributed by atoms with Gasteiger partial charge in [-0.25, -0.2) is 13.8 Å². The highest BCUT2D eigenvalue weighted by atomic mass is 19.3. The molecule has 1 fully saturated rings. The van der Waals surface area contributed by atoms with Crippen molar-refractivity contribution in [3.8, 4) is 22.3 Å². The molecule has 4 aromatic rings. The van der Waals surface area contributed by atoms with Gasteiger partial charge in [-0.3, -0.25) is 4.79 Å². The minimum Gasteiger partial charge on any atom is -0.460 e. The molecule has 1 aliphatic heterocycles. The van der Waals surface area contributed by atoms with E-state index in [1.165, 1.54) is 17.2 Å². The number of nitrogens with zero attached hydrogens (tertiary/aromatic N) is 2. The summed E-state index contributed by atoms with van der Waals surface area (Å²) in [5.74, 6) is -2.62. The number of carbonyl (C=O) groups excluding carboxylic acids is 1. The zero-order valence-electron chi connectivity index (χ0n) is 19.6. The number of rotatable bonds is 4. The Morgan fingerprint density at radius 2 is 1.74 bits per heavy atom. The second kappa shape index (κ2) is 8.87. The number of aromatic nitrogens is 1. The fraction of sp³-hybridized carbons (Fsp3) is 0.286. The number of hydrogen-bond donors (Lipinski definition) is 0. The number of carbonyl (C=O) groups is 1. The first-order valence-corrected chi connectivity index (χ1v) is 11.7. The van der Waals surface area contributed by atoms with Crippen LogP contribution < -0.4 is 0 Å². The molecule has 7 heteroatoms. The van der Waals surface area contributed by atoms with Gasteiger partial charge in [0, 0.05) is 60.6 Å². The topological polar surface area (TPSA) is 46.3 Å². The van der Waals surface area contributed by atoms with Crippen LogP contribution in [-0.2, 0) is 6.42 Å². The fourth-order valence-electron chi connectivity index (χ4n) is 4.58. The normalized spacial score (nSPS) is 15.5. The van der Waals surface area contributed by atoms with Crippen LogP contribution in [0.25, 0.3) is 33.2 Å². The van der Waals surface area contributed by atoms with E-state index < -0.39 is 11.9 Å². The summed E-state index contributed by atoms with van der Waals surface area (Å²) in [5.41, 5.74) is 5.34. The third kappa shape index (κ3) is 4.55. The van der Waals surface area contributed by atoms with Gasteiger partial charge in [0.25, 0.3) is 11.8 Å². The molecule has 0 bridgehead atoms. The van der Waals surface area contributed by atoms with Gasteiger partial charge in [-0.1, -0.05) is 19.1 Å². The van der Waals surface area contributed by atoms with Gasteiger partial charge in [-0.15, -0.1) is 0 Å². The van der Waals surface area contributed by atoms with Gasteiger partial charge in [0.05, 0.1) is 0 Å². The van der Waals surface area contributed by atoms with Crippen LogP contribution in [0.1, 0.15) is 41.4 Å². The first-order chi connectivity index (χ1) is 16.7. The van der Waals surface area contributed by atoms with Crippen LogP contribution in [0.15, 0.2) is 59.1 Å². The fourth-order valence-corrected chi connectivity index (χ4v) is 4.58. The molecule has 0 aliphatic carbocycles. The quantitative estimate of drug-likeness (QED) is 0.296. The van der Waals surface area contributed by atoms with E-state index in [0.717, 1.165) is 51.0 Å². The Morgan fingerprint density at radius 1 is 1.03 bits per heavy atom. The molecule has 0 unspecified atom stereocenters. The molecule has 0 spiro atoms. The molecule has 3 heterocycles. The van der Waals surface area contributed by atoms with E-state index in [9.17, 15) is 18.0 Å². The molecule has 0 radical (unpaired) electrons. The summed E-state index contributed by atoms with van der Waals surface area (Å²) in [6.07, 6.45) is 1.65. The van der Waals surface area contributed by atoms with Crippen molar-refractivity contribution in [3.05, 3.63) is 77.6 Å². The van der Waals surface area contributed by atoms with Crippen LogP contribution in [0.2, 0.25) is 0 Å². The Hall–Kier alpha value is -3.61. The lowest BCUT2D eigenvalue weighted by Gasteiger charge is -2.31. The zero-order valence-corrected chi connectivity index (χ0v) is 19.6. The van der Waals surface area contributed by atoms with Crippen molar-refractivity contribution in [1.29, 1.82) is 0 Å². The van der Waals surface area contributed by atoms with Gasteiger partial charge in [0.15, 0.2) is 0 Å². The number of alkyl halides is 2. The standard InChI is InChI=1S/C28H25F3N2O2/c1-3-22-14-21-13-20(15-23(26(21)35-22)24-16-32-25(29)12-17(24)2)18-4-6-19(7-5-18)27(34)33-10-8-28(30,31)9-11-33/h4-7,12-16H,3,8-11H2,1-2H3. The first-order valence-electron chi connectivity index (χ1n) is 11.7. The Labute approximate surface area is 201 Å². The summed E-state index contributed by atoms with van der Waals surface area (Å²) < 4.78 is 46.6. The molecule has 0 N–H and O–H groups in total. The van der Waals surface area contributed by atoms with Crippen LogP contribution >= 0.6 is 0 Å². The Balaban J connectivity index is 1.50. The van der Waals surface area contributed by atoms with E-state index in [4.69, 9.17) is 4.42 Å². The number of piperidine rings is 1. The highest BCUT2D eigenvalue weighted by Crippen LogP contribution is 2.37. The molecule has 180 valence electrons. The van der Waals surface area contributed by atoms with Gasteiger partial charge in [0.2, 0.25) is 5.95 Å². The second-order valence-electron chi connectivity index (χ2n) is 9.06. The average molecular weight is 479 g/mol. The summed E-state index contributed by atoms with van der Waals surface area (Å²) >= 11 is 0. The number of benzene rings is 2. The Kier molecular flexibility index (Phi) is 5.87. The third-order valence-corrected chi connectivity index (χ3v) is 6.63. The maximum absolute atomic E-state index is 13.7. The lowest BCUT2D eigenvalue weighted by molar-refractivity contribution is -0.0494. The molecular weight excluding hydrogens is 453 g/mol. The van der Waals surface area contributed by atoms with Crippen molar-refractivity contribution in [2.45, 2.75) is 39.0 Å². The van der Waals surface area contributed by atoms with Crippen molar-refractivity contribution in [2.75, 3.05) is 13.1 Å². The predicted molar refractivity (Wildman–Crippen MR) is 129 cm³/mol. The number of pyridine rings is 1. The van der Waals surface area contributed by atoms with Gasteiger partial charge < -0.3 is 9.32 Å². The van der Waals surface area contributed by atoms with Crippen molar-refractivity contribution >= 4 is 16.9 Å². The smallest absolute Gasteiger partial charge is 0.253 e. The van der Waals surface area contributed by atoms with Crippen molar-refractivity contribution in [1.82, 2.24) is 9.88 Å². The summed E-state index contributed by atoms with van der Waals surface area (Å²) in [5, 5.41) is 0.924. The average Bonchev–Trinajstić information content (AvgIpc) is 3.27. The van der Waals surface area contributed by atoms with Crippen molar-refractivity contribution < 1.29 is 22.4 Å². The molecule has 1 saturated heterocycles. The molecule has 0 atom stereocenters. The Bertz CT molecular complexity index is 1400. The van der Waals surface area contributed by atoms with E-state index in [1.807, 2.05) is 44.2 Å². The Morgan fingerprint density at radius 3 is 2.40 bits per heavy atom. The number of likely N-dealkylation sites (tertiary alicyclic amines) is 1. The van der Waals surface area contributed by atoms with Crippen LogP contribution in [0.3, 0.4) is 0 Å². The number of aryl methyl sites for hydroxylation is 2. The van der Waals surface area contributed by atoms with Crippen LogP contribution in [-0.4, -0.2) is 34.8 Å². The van der Waals surface area contributed by atoms with Gasteiger partial charge in [0.1, 0.15) is 11.3 Å². The molecule has 35 heavy (non-hydrogen) atoms. The monoisotopic (exact) mass is 478 g/mol. The maximum atomic E-state index is 13.7. The molecule has 1 amide bonds. The van der Waals surface area contributed by atoms with E-state index >= 15 is 0 Å². The molecular formula is C28H25F3N2O2. The van der Waals surface area contributed by atoms with Crippen molar-refractivity contribution in [2.24, 2.45) is 0 Å². The molecule has 2 aromatic carbocycles. The van der Waals surface area contributed by atoms with Crippen molar-refractivity contribution in [3.63, 3.8) is 0 Å². The lowest BCUT2D eigenvalue weighted by Crippen LogP contribution is -2.42. The van der Waals surface area contributed by atoms with Gasteiger partial charge in [-0.05, 0) is 60.0 Å². The van der Waals surface area contributed by atoms with Crippen LogP contribution in [0.4, 0.5) is 13.2 Å². The first kappa shape index (κ1) is 23.1. The number of fused-ring (bicyclic) bond motifs is 1. The lowest BCUT2D eigenvalue weighted by atomic mass is 9.95. The largest absolute Gasteiger partial charge is 0.460 e. The SMILES string of the molecule is CCc1cc2cc(-c3ccc(C(=O)N4CCC(F)(F)CC4)cc3)cc(-c3cnc(F)cc3C)c2o1. The number of furan rings is 1. The summed E-state index contributed by atoms with van der Waals surface area (Å²) in [4.78, 5) is 18.1. The predicted octanol–water partition coefficient (Wildman–Crippen LogP) is 7.04. The van der Waals surface area contributed by atoms with Gasteiger partial charge >= 0.3 is 0 Å². The van der Waals surface area contributed by atoms with E-state index in [1.54, 1.807) is 12.1 Å². The summed E-state index contributed by atoms with van der Waals surface area (Å²) in [6.45, 7) is 3.96. The van der Waals surface area contributed by atoms with Gasteiger partial charge in [-0.2, -0.15) is 4.39 Å². The molecule has 5 rings (SSSR count). The zero-order chi connectivity index (χ0) is 24.7. The molecule has 4 nitrogen and oxygen atoms in total. The minimum atomic E-state index is -2.69. The number of hydrogen-bond acceptors (Lipinski definition) is 3. The highest BCUT2D eigenvalue weighted by Gasteiger charge is 2.35. The second-order valence-corrected chi connectivity index (χ2v) is 9.06. The van der Waals surface area contributed by atoms with E-state index in [-0.39, 0.29) is 31.8 Å². The number of amides is 1. The third-order valence-electron chi connectivity index (χ3n) is 6.63. The van der Waals surface area contributed by atoms with Crippen LogP contribution in [0, 0.1) is 12.9 Å². The molecule has 1 aliphatic rings. The maximum Gasteiger partial charge on any atom is 0.253 e. The highest BCUT2D eigenvalue weighted by molar-refractivity contribution is 5.98. The molecule has 0 saturated carbocycles. The minimum absolute atomic E-state index is 0.0545. The van der Waals surface area contributed by atoms with E-state index in [2.05, 4.69) is 4.98 Å². The number of halogens is 3. The molecule has 2 aromatic heterocycles. The summed E-state index contributed by atoms with van der Waals surface area (Å²) in [6, 6.07) is 14.6. The van der Waals surface area contributed by atoms with E-state index in [0.29, 0.717) is 5.56 Å². The summed E-state index contributed by atoms with van der Waals surface area (Å²) in [7, 11) is 0.